The maximum atomic E-state index is 13.5. The molecule has 5 nitrogen and oxygen atoms in total. The molecular weight excluding hydrogens is 426 g/mol. The number of nitrogens with one attached hydrogen (secondary N) is 1. The van der Waals surface area contributed by atoms with E-state index in [0.717, 1.165) is 6.07 Å². The van der Waals surface area contributed by atoms with Crippen LogP contribution in [0.4, 0.5) is 14.5 Å². The van der Waals surface area contributed by atoms with Crippen molar-refractivity contribution in [2.24, 2.45) is 0 Å². The Labute approximate surface area is 182 Å². The third-order valence-corrected chi connectivity index (χ3v) is 5.13. The van der Waals surface area contributed by atoms with E-state index in [-0.39, 0.29) is 31.5 Å². The van der Waals surface area contributed by atoms with Gasteiger partial charge < -0.3 is 15.0 Å². The highest BCUT2D eigenvalue weighted by atomic mass is 35.5. The molecule has 0 spiro atoms. The molecule has 3 aromatic rings. The van der Waals surface area contributed by atoms with Crippen LogP contribution in [0.3, 0.4) is 0 Å². The van der Waals surface area contributed by atoms with Crippen LogP contribution in [0, 0.1) is 11.6 Å². The molecule has 1 aliphatic heterocycles. The molecule has 0 atom stereocenters. The predicted octanol–water partition coefficient (Wildman–Crippen LogP) is 4.79. The number of carbonyl (C=O) groups is 2. The van der Waals surface area contributed by atoms with Crippen molar-refractivity contribution >= 4 is 29.1 Å². The normalized spacial score (nSPS) is 13.3. The van der Waals surface area contributed by atoms with E-state index in [1.165, 1.54) is 17.0 Å². The van der Waals surface area contributed by atoms with Gasteiger partial charge in [-0.2, -0.15) is 0 Å². The van der Waals surface area contributed by atoms with E-state index in [9.17, 15) is 18.4 Å². The number of ether oxygens (including phenoxy) is 1. The lowest BCUT2D eigenvalue weighted by molar-refractivity contribution is -0.133. The Balaban J connectivity index is 1.55. The topological polar surface area (TPSA) is 58.6 Å². The number of hydrogen-bond donors (Lipinski definition) is 1. The zero-order chi connectivity index (χ0) is 22.0. The maximum absolute atomic E-state index is 13.5. The zero-order valence-electron chi connectivity index (χ0n) is 16.2. The summed E-state index contributed by atoms with van der Waals surface area (Å²) in [6.07, 6.45) is 0. The monoisotopic (exact) mass is 442 g/mol. The van der Waals surface area contributed by atoms with Gasteiger partial charge in [0.05, 0.1) is 10.6 Å². The second-order valence-electron chi connectivity index (χ2n) is 7.07. The van der Waals surface area contributed by atoms with Gasteiger partial charge in [-0.1, -0.05) is 23.7 Å². The average molecular weight is 443 g/mol. The summed E-state index contributed by atoms with van der Waals surface area (Å²) >= 11 is 6.08. The van der Waals surface area contributed by atoms with Crippen LogP contribution in [-0.4, -0.2) is 23.3 Å². The van der Waals surface area contributed by atoms with Crippen molar-refractivity contribution in [3.8, 4) is 5.75 Å². The second-order valence-corrected chi connectivity index (χ2v) is 7.48. The first-order valence-corrected chi connectivity index (χ1v) is 9.81. The minimum absolute atomic E-state index is 0.0204. The van der Waals surface area contributed by atoms with Gasteiger partial charge in [0.2, 0.25) is 0 Å². The van der Waals surface area contributed by atoms with Gasteiger partial charge in [0.1, 0.15) is 17.4 Å². The highest BCUT2D eigenvalue weighted by Crippen LogP contribution is 2.28. The fourth-order valence-electron chi connectivity index (χ4n) is 3.36. The van der Waals surface area contributed by atoms with Gasteiger partial charge in [-0.3, -0.25) is 9.59 Å². The van der Waals surface area contributed by atoms with Gasteiger partial charge in [-0.15, -0.1) is 0 Å². The van der Waals surface area contributed by atoms with Crippen molar-refractivity contribution in [1.82, 2.24) is 4.90 Å². The van der Waals surface area contributed by atoms with E-state index in [2.05, 4.69) is 5.32 Å². The van der Waals surface area contributed by atoms with E-state index in [4.69, 9.17) is 16.3 Å². The second kappa shape index (κ2) is 8.73. The van der Waals surface area contributed by atoms with Crippen molar-refractivity contribution < 1.29 is 23.1 Å². The molecule has 0 unspecified atom stereocenters. The number of halogens is 3. The first-order chi connectivity index (χ1) is 14.9. The molecule has 1 heterocycles. The van der Waals surface area contributed by atoms with Crippen molar-refractivity contribution in [1.29, 1.82) is 0 Å². The Bertz CT molecular complexity index is 1150. The molecule has 2 amide bonds. The minimum Gasteiger partial charge on any atom is -0.483 e. The largest absolute Gasteiger partial charge is 0.483 e. The fraction of sp³-hybridized carbons (Fsp3) is 0.130. The van der Waals surface area contributed by atoms with Crippen molar-refractivity contribution in [2.75, 3.05) is 11.9 Å². The van der Waals surface area contributed by atoms with E-state index in [0.29, 0.717) is 33.1 Å². The summed E-state index contributed by atoms with van der Waals surface area (Å²) in [5.74, 6) is -1.61. The Morgan fingerprint density at radius 1 is 1.06 bits per heavy atom. The lowest BCUT2D eigenvalue weighted by atomic mass is 10.1. The van der Waals surface area contributed by atoms with Crippen LogP contribution in [0.5, 0.6) is 5.75 Å². The number of benzene rings is 3. The van der Waals surface area contributed by atoms with Crippen LogP contribution >= 0.6 is 11.6 Å². The third-order valence-electron chi connectivity index (χ3n) is 4.80. The molecule has 0 aliphatic carbocycles. The third kappa shape index (κ3) is 4.83. The summed E-state index contributed by atoms with van der Waals surface area (Å²) in [6.45, 7) is -0.0231. The van der Waals surface area contributed by atoms with E-state index < -0.39 is 11.6 Å². The standard InChI is InChI=1S/C23H17ClF2N2O3/c24-20-4-2-1-3-19(20)23(30)27-18-5-6-21-15(9-18)12-28(22(29)13-31-21)11-14-7-16(25)10-17(26)8-14/h1-10H,11-13H2,(H,27,30). The molecule has 8 heteroatoms. The van der Waals surface area contributed by atoms with Crippen LogP contribution in [0.1, 0.15) is 21.5 Å². The lowest BCUT2D eigenvalue weighted by Crippen LogP contribution is -2.31. The number of anilines is 1. The Morgan fingerprint density at radius 3 is 2.55 bits per heavy atom. The first-order valence-electron chi connectivity index (χ1n) is 9.43. The van der Waals surface area contributed by atoms with Crippen LogP contribution < -0.4 is 10.1 Å². The maximum Gasteiger partial charge on any atom is 0.261 e. The molecule has 3 aromatic carbocycles. The molecule has 0 saturated carbocycles. The van der Waals surface area contributed by atoms with Gasteiger partial charge in [-0.05, 0) is 48.0 Å². The number of fused-ring (bicyclic) bond motifs is 1. The average Bonchev–Trinajstić information content (AvgIpc) is 2.86. The van der Waals surface area contributed by atoms with Crippen LogP contribution in [0.25, 0.3) is 0 Å². The molecule has 0 radical (unpaired) electrons. The molecule has 0 fully saturated rings. The smallest absolute Gasteiger partial charge is 0.261 e. The Hall–Kier alpha value is -3.45. The zero-order valence-corrected chi connectivity index (χ0v) is 17.0. The number of nitrogens with zero attached hydrogens (tertiary/aromatic N) is 1. The van der Waals surface area contributed by atoms with Gasteiger partial charge in [0.25, 0.3) is 11.8 Å². The highest BCUT2D eigenvalue weighted by molar-refractivity contribution is 6.34. The lowest BCUT2D eigenvalue weighted by Gasteiger charge is -2.20. The van der Waals surface area contributed by atoms with E-state index in [1.54, 1.807) is 42.5 Å². The summed E-state index contributed by atoms with van der Waals surface area (Å²) in [5.41, 5.74) is 1.82. The molecule has 1 aliphatic rings. The molecule has 1 N–H and O–H groups in total. The molecule has 0 saturated heterocycles. The summed E-state index contributed by atoms with van der Waals surface area (Å²) < 4.78 is 32.6. The SMILES string of the molecule is O=C(Nc1ccc2c(c1)CN(Cc1cc(F)cc(F)c1)C(=O)CO2)c1ccccc1Cl. The molecular formula is C23H17ClF2N2O3. The first kappa shape index (κ1) is 20.8. The summed E-state index contributed by atoms with van der Waals surface area (Å²) in [6, 6.07) is 14.8. The number of hydrogen-bond acceptors (Lipinski definition) is 3. The summed E-state index contributed by atoms with van der Waals surface area (Å²) in [5, 5.41) is 3.11. The Morgan fingerprint density at radius 2 is 1.81 bits per heavy atom. The number of carbonyl (C=O) groups excluding carboxylic acids is 2. The highest BCUT2D eigenvalue weighted by Gasteiger charge is 2.23. The quantitative estimate of drug-likeness (QED) is 0.632. The molecule has 0 bridgehead atoms. The van der Waals surface area contributed by atoms with Crippen LogP contribution in [0.15, 0.2) is 60.7 Å². The molecule has 4 rings (SSSR count). The van der Waals surface area contributed by atoms with Crippen molar-refractivity contribution in [2.45, 2.75) is 13.1 Å². The summed E-state index contributed by atoms with van der Waals surface area (Å²) in [4.78, 5) is 26.4. The molecule has 158 valence electrons. The fourth-order valence-corrected chi connectivity index (χ4v) is 3.58. The molecule has 31 heavy (non-hydrogen) atoms. The van der Waals surface area contributed by atoms with Gasteiger partial charge >= 0.3 is 0 Å². The van der Waals surface area contributed by atoms with Gasteiger partial charge in [-0.25, -0.2) is 8.78 Å². The van der Waals surface area contributed by atoms with Crippen LogP contribution in [-0.2, 0) is 17.9 Å². The van der Waals surface area contributed by atoms with Crippen LogP contribution in [0.2, 0.25) is 5.02 Å². The van der Waals surface area contributed by atoms with E-state index in [1.807, 2.05) is 0 Å². The van der Waals surface area contributed by atoms with Gasteiger partial charge in [0.15, 0.2) is 6.61 Å². The van der Waals surface area contributed by atoms with E-state index >= 15 is 0 Å². The van der Waals surface area contributed by atoms with Crippen molar-refractivity contribution in [3.05, 3.63) is 94.0 Å². The minimum atomic E-state index is -0.710. The predicted molar refractivity (Wildman–Crippen MR) is 112 cm³/mol. The summed E-state index contributed by atoms with van der Waals surface area (Å²) in [7, 11) is 0. The van der Waals surface area contributed by atoms with Crippen molar-refractivity contribution in [3.63, 3.8) is 0 Å². The number of amides is 2. The van der Waals surface area contributed by atoms with Gasteiger partial charge in [0, 0.05) is 30.4 Å². The number of rotatable bonds is 4. The Kier molecular flexibility index (Phi) is 5.86. The molecule has 0 aromatic heterocycles.